The SMILES string of the molecule is Cc1ccc(F)c(NC(=O)CCC(=O)NC(C)c2ccc(F)cc2)c1. The van der Waals surface area contributed by atoms with Crippen molar-refractivity contribution in [3.8, 4) is 0 Å². The molecule has 0 radical (unpaired) electrons. The number of carbonyl (C=O) groups is 2. The van der Waals surface area contributed by atoms with Crippen LogP contribution in [-0.2, 0) is 9.59 Å². The average molecular weight is 346 g/mol. The fourth-order valence-electron chi connectivity index (χ4n) is 2.32. The Morgan fingerprint density at radius 1 is 1.00 bits per heavy atom. The third-order valence-corrected chi connectivity index (χ3v) is 3.72. The normalized spacial score (nSPS) is 11.7. The highest BCUT2D eigenvalue weighted by Crippen LogP contribution is 2.16. The van der Waals surface area contributed by atoms with Gasteiger partial charge in [0, 0.05) is 12.8 Å². The van der Waals surface area contributed by atoms with Crippen LogP contribution in [0.1, 0.15) is 36.9 Å². The lowest BCUT2D eigenvalue weighted by Crippen LogP contribution is -2.27. The smallest absolute Gasteiger partial charge is 0.224 e. The maximum atomic E-state index is 13.6. The van der Waals surface area contributed by atoms with Crippen molar-refractivity contribution >= 4 is 17.5 Å². The van der Waals surface area contributed by atoms with E-state index in [0.717, 1.165) is 11.1 Å². The van der Waals surface area contributed by atoms with Crippen molar-refractivity contribution < 1.29 is 18.4 Å². The lowest BCUT2D eigenvalue weighted by atomic mass is 10.1. The van der Waals surface area contributed by atoms with Crippen LogP contribution in [0.5, 0.6) is 0 Å². The Morgan fingerprint density at radius 2 is 1.64 bits per heavy atom. The van der Waals surface area contributed by atoms with Crippen LogP contribution in [0.2, 0.25) is 0 Å². The molecule has 2 rings (SSSR count). The second-order valence-electron chi connectivity index (χ2n) is 5.87. The molecule has 4 nitrogen and oxygen atoms in total. The van der Waals surface area contributed by atoms with E-state index in [2.05, 4.69) is 10.6 Å². The van der Waals surface area contributed by atoms with Gasteiger partial charge in [-0.05, 0) is 49.2 Å². The Kier molecular flexibility index (Phi) is 6.22. The van der Waals surface area contributed by atoms with Crippen molar-refractivity contribution in [1.29, 1.82) is 0 Å². The molecule has 0 aromatic heterocycles. The zero-order chi connectivity index (χ0) is 18.4. The summed E-state index contributed by atoms with van der Waals surface area (Å²) in [6, 6.07) is 9.94. The fourth-order valence-corrected chi connectivity index (χ4v) is 2.32. The zero-order valence-electron chi connectivity index (χ0n) is 14.1. The first-order valence-corrected chi connectivity index (χ1v) is 7.96. The second-order valence-corrected chi connectivity index (χ2v) is 5.87. The number of hydrogen-bond donors (Lipinski definition) is 2. The highest BCUT2D eigenvalue weighted by atomic mass is 19.1. The van der Waals surface area contributed by atoms with E-state index in [-0.39, 0.29) is 36.3 Å². The first kappa shape index (κ1) is 18.6. The van der Waals surface area contributed by atoms with Crippen LogP contribution < -0.4 is 10.6 Å². The summed E-state index contributed by atoms with van der Waals surface area (Å²) in [7, 11) is 0. The number of carbonyl (C=O) groups excluding carboxylic acids is 2. The summed E-state index contributed by atoms with van der Waals surface area (Å²) in [6.07, 6.45) is -0.0832. The summed E-state index contributed by atoms with van der Waals surface area (Å²) in [4.78, 5) is 23.8. The summed E-state index contributed by atoms with van der Waals surface area (Å²) in [5, 5.41) is 5.20. The number of amides is 2. The van der Waals surface area contributed by atoms with Crippen LogP contribution in [-0.4, -0.2) is 11.8 Å². The first-order chi connectivity index (χ1) is 11.8. The summed E-state index contributed by atoms with van der Waals surface area (Å²) in [5.74, 6) is -1.61. The van der Waals surface area contributed by atoms with Gasteiger partial charge in [0.25, 0.3) is 0 Å². The Balaban J connectivity index is 1.81. The molecule has 25 heavy (non-hydrogen) atoms. The third kappa shape index (κ3) is 5.67. The molecule has 0 fully saturated rings. The van der Waals surface area contributed by atoms with Crippen LogP contribution in [0.3, 0.4) is 0 Å². The van der Waals surface area contributed by atoms with E-state index >= 15 is 0 Å². The van der Waals surface area contributed by atoms with Crippen LogP contribution in [0.15, 0.2) is 42.5 Å². The minimum absolute atomic E-state index is 0.0230. The summed E-state index contributed by atoms with van der Waals surface area (Å²) < 4.78 is 26.5. The Hall–Kier alpha value is -2.76. The molecule has 0 bridgehead atoms. The molecule has 132 valence electrons. The molecular weight excluding hydrogens is 326 g/mol. The number of rotatable bonds is 6. The molecule has 0 aliphatic heterocycles. The standard InChI is InChI=1S/C19H20F2N2O2/c1-12-3-8-16(21)17(11-12)23-19(25)10-9-18(24)22-13(2)14-4-6-15(20)7-5-14/h3-8,11,13H,9-10H2,1-2H3,(H,22,24)(H,23,25). The van der Waals surface area contributed by atoms with Crippen LogP contribution in [0.25, 0.3) is 0 Å². The average Bonchev–Trinajstić information content (AvgIpc) is 2.57. The van der Waals surface area contributed by atoms with Gasteiger partial charge in [-0.25, -0.2) is 8.78 Å². The highest BCUT2D eigenvalue weighted by molar-refractivity contribution is 5.93. The van der Waals surface area contributed by atoms with Gasteiger partial charge < -0.3 is 10.6 Å². The quantitative estimate of drug-likeness (QED) is 0.834. The summed E-state index contributed by atoms with van der Waals surface area (Å²) in [6.45, 7) is 3.56. The van der Waals surface area contributed by atoms with Crippen LogP contribution >= 0.6 is 0 Å². The van der Waals surface area contributed by atoms with Crippen molar-refractivity contribution in [2.24, 2.45) is 0 Å². The van der Waals surface area contributed by atoms with Crippen LogP contribution in [0, 0.1) is 18.6 Å². The van der Waals surface area contributed by atoms with Gasteiger partial charge in [0.2, 0.25) is 11.8 Å². The minimum Gasteiger partial charge on any atom is -0.350 e. The van der Waals surface area contributed by atoms with Crippen LogP contribution in [0.4, 0.5) is 14.5 Å². The molecule has 0 saturated carbocycles. The topological polar surface area (TPSA) is 58.2 Å². The van der Waals surface area contributed by atoms with Gasteiger partial charge in [-0.15, -0.1) is 0 Å². The number of nitrogens with one attached hydrogen (secondary N) is 2. The lowest BCUT2D eigenvalue weighted by molar-refractivity contribution is -0.124. The van der Waals surface area contributed by atoms with Gasteiger partial charge in [0.05, 0.1) is 11.7 Å². The first-order valence-electron chi connectivity index (χ1n) is 7.96. The molecule has 2 amide bonds. The van der Waals surface area contributed by atoms with E-state index in [9.17, 15) is 18.4 Å². The van der Waals surface area contributed by atoms with Gasteiger partial charge in [0.15, 0.2) is 0 Å². The Labute approximate surface area is 145 Å². The molecule has 1 unspecified atom stereocenters. The predicted octanol–water partition coefficient (Wildman–Crippen LogP) is 3.87. The number of benzene rings is 2. The molecule has 0 spiro atoms. The van der Waals surface area contributed by atoms with Crippen molar-refractivity contribution in [3.05, 3.63) is 65.2 Å². The molecule has 0 aliphatic carbocycles. The second kappa shape index (κ2) is 8.37. The van der Waals surface area contributed by atoms with E-state index in [1.54, 1.807) is 32.0 Å². The number of hydrogen-bond acceptors (Lipinski definition) is 2. The Bertz CT molecular complexity index is 761. The van der Waals surface area contributed by atoms with E-state index < -0.39 is 11.7 Å². The number of halogens is 2. The van der Waals surface area contributed by atoms with Gasteiger partial charge in [-0.2, -0.15) is 0 Å². The predicted molar refractivity (Wildman–Crippen MR) is 92.0 cm³/mol. The molecule has 0 saturated heterocycles. The zero-order valence-corrected chi connectivity index (χ0v) is 14.1. The molecule has 0 heterocycles. The van der Waals surface area contributed by atoms with Gasteiger partial charge in [0.1, 0.15) is 11.6 Å². The fraction of sp³-hybridized carbons (Fsp3) is 0.263. The van der Waals surface area contributed by atoms with Crippen molar-refractivity contribution in [1.82, 2.24) is 5.32 Å². The maximum Gasteiger partial charge on any atom is 0.224 e. The van der Waals surface area contributed by atoms with Crippen molar-refractivity contribution in [2.75, 3.05) is 5.32 Å². The Morgan fingerprint density at radius 3 is 2.32 bits per heavy atom. The highest BCUT2D eigenvalue weighted by Gasteiger charge is 2.13. The van der Waals surface area contributed by atoms with Crippen molar-refractivity contribution in [3.63, 3.8) is 0 Å². The van der Waals surface area contributed by atoms with E-state index in [1.165, 1.54) is 24.3 Å². The summed E-state index contributed by atoms with van der Waals surface area (Å²) in [5.41, 5.74) is 1.69. The van der Waals surface area contributed by atoms with Crippen molar-refractivity contribution in [2.45, 2.75) is 32.7 Å². The molecule has 2 aromatic carbocycles. The number of aryl methyl sites for hydroxylation is 1. The minimum atomic E-state index is -0.520. The molecule has 2 N–H and O–H groups in total. The van der Waals surface area contributed by atoms with Gasteiger partial charge in [-0.1, -0.05) is 18.2 Å². The largest absolute Gasteiger partial charge is 0.350 e. The number of anilines is 1. The monoisotopic (exact) mass is 346 g/mol. The molecule has 2 aromatic rings. The van der Waals surface area contributed by atoms with Gasteiger partial charge >= 0.3 is 0 Å². The van der Waals surface area contributed by atoms with E-state index in [1.807, 2.05) is 0 Å². The van der Waals surface area contributed by atoms with E-state index in [0.29, 0.717) is 0 Å². The maximum absolute atomic E-state index is 13.6. The summed E-state index contributed by atoms with van der Waals surface area (Å²) >= 11 is 0. The van der Waals surface area contributed by atoms with E-state index in [4.69, 9.17) is 0 Å². The van der Waals surface area contributed by atoms with Gasteiger partial charge in [-0.3, -0.25) is 9.59 Å². The molecule has 0 aliphatic rings. The molecular formula is C19H20F2N2O2. The third-order valence-electron chi connectivity index (χ3n) is 3.72. The molecule has 1 atom stereocenters. The molecule has 6 heteroatoms. The lowest BCUT2D eigenvalue weighted by Gasteiger charge is -2.14.